The zero-order valence-corrected chi connectivity index (χ0v) is 25.1. The molecule has 1 aliphatic rings. The summed E-state index contributed by atoms with van der Waals surface area (Å²) in [6, 6.07) is 16.9. The molecule has 0 N–H and O–H groups in total. The summed E-state index contributed by atoms with van der Waals surface area (Å²) in [5.74, 6) is 1.40. The van der Waals surface area contributed by atoms with E-state index in [0.717, 1.165) is 76.8 Å². The van der Waals surface area contributed by atoms with Crippen LogP contribution in [0.5, 0.6) is 5.75 Å². The van der Waals surface area contributed by atoms with Crippen molar-refractivity contribution in [3.8, 4) is 16.9 Å². The Kier molecular flexibility index (Phi) is 10.7. The van der Waals surface area contributed by atoms with Gasteiger partial charge >= 0.3 is 5.97 Å². The Morgan fingerprint density at radius 2 is 1.61 bits per heavy atom. The van der Waals surface area contributed by atoms with Crippen LogP contribution in [0.15, 0.2) is 85.0 Å². The first-order valence-corrected chi connectivity index (χ1v) is 15.5. The third kappa shape index (κ3) is 7.40. The van der Waals surface area contributed by atoms with Crippen LogP contribution in [0.2, 0.25) is 0 Å². The van der Waals surface area contributed by atoms with Gasteiger partial charge in [0, 0.05) is 22.1 Å². The van der Waals surface area contributed by atoms with Crippen molar-refractivity contribution in [1.82, 2.24) is 0 Å². The fraction of sp³-hybridized carbons (Fsp3) is 0.265. The van der Waals surface area contributed by atoms with Crippen molar-refractivity contribution >= 4 is 39.7 Å². The number of hydrogen-bond acceptors (Lipinski definition) is 7. The van der Waals surface area contributed by atoms with E-state index in [-0.39, 0.29) is 16.1 Å². The lowest BCUT2D eigenvalue weighted by Gasteiger charge is -2.15. The standard InChI is InChI=1S/C34H34O5S2/c1-5-31(35)40-20-10-8-7-9-19-39-30-18-17-28-27-16-13-25(21-29(27)22(3)32(28)23(30)4)34(37)41-26-14-11-24(12-15-26)33(36)38-6-2/h5-6,11-18,21-22H,1-2,7-10,19-20H2,3-4H3. The lowest BCUT2D eigenvalue weighted by molar-refractivity contribution is -0.107. The molecule has 0 saturated heterocycles. The third-order valence-corrected chi connectivity index (χ3v) is 9.01. The molecule has 212 valence electrons. The Morgan fingerprint density at radius 3 is 2.34 bits per heavy atom. The maximum absolute atomic E-state index is 13.1. The van der Waals surface area contributed by atoms with Gasteiger partial charge in [-0.05, 0) is 108 Å². The van der Waals surface area contributed by atoms with E-state index >= 15 is 0 Å². The average molecular weight is 587 g/mol. The maximum Gasteiger partial charge on any atom is 0.342 e. The summed E-state index contributed by atoms with van der Waals surface area (Å²) in [4.78, 5) is 37.0. The number of carbonyl (C=O) groups is 3. The molecule has 0 radical (unpaired) electrons. The SMILES string of the molecule is C=COC(=O)c1ccc(SC(=O)c2ccc3c(c2)C(C)c2c-3ccc(OCCCCCCSC(=O)C=C)c2C)cc1. The van der Waals surface area contributed by atoms with Crippen LogP contribution < -0.4 is 4.74 Å². The highest BCUT2D eigenvalue weighted by atomic mass is 32.2. The molecule has 0 aliphatic heterocycles. The summed E-state index contributed by atoms with van der Waals surface area (Å²) in [6.07, 6.45) is 6.58. The molecule has 0 fully saturated rings. The van der Waals surface area contributed by atoms with Crippen LogP contribution in [0.1, 0.15) is 75.9 Å². The summed E-state index contributed by atoms with van der Waals surface area (Å²) in [7, 11) is 0. The second-order valence-electron chi connectivity index (χ2n) is 9.79. The number of ether oxygens (including phenoxy) is 2. The second-order valence-corrected chi connectivity index (χ2v) is 11.9. The molecule has 0 aromatic heterocycles. The largest absolute Gasteiger partial charge is 0.493 e. The molecule has 1 aliphatic carbocycles. The number of benzene rings is 3. The molecule has 4 rings (SSSR count). The van der Waals surface area contributed by atoms with Crippen LogP contribution in [0.4, 0.5) is 0 Å². The highest BCUT2D eigenvalue weighted by Crippen LogP contribution is 2.48. The van der Waals surface area contributed by atoms with Crippen LogP contribution in [0, 0.1) is 6.92 Å². The Bertz CT molecular complexity index is 1460. The van der Waals surface area contributed by atoms with E-state index < -0.39 is 5.97 Å². The molecule has 41 heavy (non-hydrogen) atoms. The predicted molar refractivity (Wildman–Crippen MR) is 168 cm³/mol. The van der Waals surface area contributed by atoms with Crippen molar-refractivity contribution in [3.63, 3.8) is 0 Å². The average Bonchev–Trinajstić information content (AvgIpc) is 3.27. The van der Waals surface area contributed by atoms with E-state index in [0.29, 0.717) is 17.7 Å². The Hall–Kier alpha value is -3.55. The van der Waals surface area contributed by atoms with E-state index in [2.05, 4.69) is 39.1 Å². The minimum absolute atomic E-state index is 0.0373. The number of hydrogen-bond donors (Lipinski definition) is 0. The van der Waals surface area contributed by atoms with Gasteiger partial charge in [-0.25, -0.2) is 4.79 Å². The summed E-state index contributed by atoms with van der Waals surface area (Å²) in [5, 5.41) is -0.0145. The molecule has 0 bridgehead atoms. The molecule has 7 heteroatoms. The first-order valence-electron chi connectivity index (χ1n) is 13.7. The Labute approximate surface area is 250 Å². The fourth-order valence-electron chi connectivity index (χ4n) is 5.05. The molecular formula is C34H34O5S2. The zero-order valence-electron chi connectivity index (χ0n) is 23.4. The van der Waals surface area contributed by atoms with Crippen LogP contribution >= 0.6 is 23.5 Å². The van der Waals surface area contributed by atoms with Crippen molar-refractivity contribution in [1.29, 1.82) is 0 Å². The van der Waals surface area contributed by atoms with Gasteiger partial charge in [-0.15, -0.1) is 0 Å². The van der Waals surface area contributed by atoms with Crippen LogP contribution in [-0.4, -0.2) is 28.6 Å². The number of rotatable bonds is 13. The number of carbonyl (C=O) groups excluding carboxylic acids is 3. The molecular weight excluding hydrogens is 553 g/mol. The first-order chi connectivity index (χ1) is 19.8. The van der Waals surface area contributed by atoms with Crippen molar-refractivity contribution < 1.29 is 23.9 Å². The van der Waals surface area contributed by atoms with Gasteiger partial charge in [0.2, 0.25) is 10.2 Å². The quantitative estimate of drug-likeness (QED) is 0.0652. The minimum Gasteiger partial charge on any atom is -0.493 e. The van der Waals surface area contributed by atoms with E-state index in [1.165, 1.54) is 29.0 Å². The highest BCUT2D eigenvalue weighted by molar-refractivity contribution is 8.14. The van der Waals surface area contributed by atoms with Crippen LogP contribution in [0.3, 0.4) is 0 Å². The van der Waals surface area contributed by atoms with E-state index in [4.69, 9.17) is 9.47 Å². The third-order valence-electron chi connectivity index (χ3n) is 7.14. The summed E-state index contributed by atoms with van der Waals surface area (Å²) >= 11 is 2.46. The highest BCUT2D eigenvalue weighted by Gasteiger charge is 2.29. The monoisotopic (exact) mass is 586 g/mol. The van der Waals surface area contributed by atoms with E-state index in [1.54, 1.807) is 24.3 Å². The van der Waals surface area contributed by atoms with E-state index in [9.17, 15) is 14.4 Å². The lowest BCUT2D eigenvalue weighted by Crippen LogP contribution is -2.02. The maximum atomic E-state index is 13.1. The minimum atomic E-state index is -0.483. The van der Waals surface area contributed by atoms with Gasteiger partial charge in [-0.2, -0.15) is 0 Å². The molecule has 0 heterocycles. The van der Waals surface area contributed by atoms with Crippen molar-refractivity contribution in [2.75, 3.05) is 12.4 Å². The number of thioether (sulfide) groups is 2. The smallest absolute Gasteiger partial charge is 0.342 e. The van der Waals surface area contributed by atoms with Crippen LogP contribution in [0.25, 0.3) is 11.1 Å². The lowest BCUT2D eigenvalue weighted by atomic mass is 9.94. The van der Waals surface area contributed by atoms with Crippen molar-refractivity contribution in [2.24, 2.45) is 0 Å². The van der Waals surface area contributed by atoms with Crippen LogP contribution in [-0.2, 0) is 9.53 Å². The van der Waals surface area contributed by atoms with Gasteiger partial charge in [0.15, 0.2) is 0 Å². The van der Waals surface area contributed by atoms with Gasteiger partial charge in [0.05, 0.1) is 18.4 Å². The number of esters is 1. The van der Waals surface area contributed by atoms with Gasteiger partial charge in [0.25, 0.3) is 0 Å². The number of fused-ring (bicyclic) bond motifs is 3. The first kappa shape index (κ1) is 30.4. The normalized spacial score (nSPS) is 13.2. The van der Waals surface area contributed by atoms with E-state index in [1.807, 2.05) is 18.2 Å². The topological polar surface area (TPSA) is 69.7 Å². The Balaban J connectivity index is 1.35. The zero-order chi connectivity index (χ0) is 29.4. The molecule has 0 saturated carbocycles. The summed E-state index contributed by atoms with van der Waals surface area (Å²) < 4.78 is 11.0. The predicted octanol–water partition coefficient (Wildman–Crippen LogP) is 8.75. The molecule has 1 atom stereocenters. The van der Waals surface area contributed by atoms with Gasteiger partial charge in [-0.3, -0.25) is 9.59 Å². The molecule has 0 spiro atoms. The molecule has 1 unspecified atom stereocenters. The number of unbranched alkanes of at least 4 members (excludes halogenated alkanes) is 3. The van der Waals surface area contributed by atoms with Crippen molar-refractivity contribution in [3.05, 3.63) is 108 Å². The molecule has 3 aromatic rings. The Morgan fingerprint density at radius 1 is 0.902 bits per heavy atom. The molecule has 3 aromatic carbocycles. The van der Waals surface area contributed by atoms with Gasteiger partial charge in [-0.1, -0.05) is 56.8 Å². The van der Waals surface area contributed by atoms with Gasteiger partial charge in [0.1, 0.15) is 5.75 Å². The second kappa shape index (κ2) is 14.4. The summed E-state index contributed by atoms with van der Waals surface area (Å²) in [6.45, 7) is 11.8. The van der Waals surface area contributed by atoms with Crippen molar-refractivity contribution in [2.45, 2.75) is 50.3 Å². The summed E-state index contributed by atoms with van der Waals surface area (Å²) in [5.41, 5.74) is 6.92. The molecule has 5 nitrogen and oxygen atoms in total. The fourth-order valence-corrected chi connectivity index (χ4v) is 6.45. The molecule has 0 amide bonds. The van der Waals surface area contributed by atoms with Gasteiger partial charge < -0.3 is 9.47 Å².